The van der Waals surface area contributed by atoms with Gasteiger partial charge in [0.2, 0.25) is 11.8 Å². The summed E-state index contributed by atoms with van der Waals surface area (Å²) in [6, 6.07) is 20.2. The van der Waals surface area contributed by atoms with Crippen molar-refractivity contribution in [2.24, 2.45) is 5.92 Å². The Morgan fingerprint density at radius 1 is 0.946 bits per heavy atom. The van der Waals surface area contributed by atoms with E-state index >= 15 is 0 Å². The highest BCUT2D eigenvalue weighted by Gasteiger charge is 2.78. The van der Waals surface area contributed by atoms with Crippen LogP contribution in [0.4, 0.5) is 17.1 Å². The number of nitrogens with one attached hydrogen (secondary N) is 3. The molecule has 5 unspecified atom stereocenters. The number of nitrogens with zero attached hydrogens (tertiary/aromatic N) is 1. The zero-order chi connectivity index (χ0) is 25.5. The molecule has 2 spiro atoms. The highest BCUT2D eigenvalue weighted by atomic mass is 16.8. The molecule has 4 heterocycles. The van der Waals surface area contributed by atoms with E-state index in [9.17, 15) is 24.8 Å². The van der Waals surface area contributed by atoms with Gasteiger partial charge < -0.3 is 15.8 Å². The highest BCUT2D eigenvalue weighted by Crippen LogP contribution is 2.66. The summed E-state index contributed by atoms with van der Waals surface area (Å²) in [6.07, 6.45) is 1.44. The number of quaternary nitrogens is 1. The quantitative estimate of drug-likeness (QED) is 0.325. The van der Waals surface area contributed by atoms with Crippen molar-refractivity contribution in [3.8, 4) is 0 Å². The van der Waals surface area contributed by atoms with Crippen molar-refractivity contribution in [2.45, 2.75) is 29.8 Å². The molecule has 3 aromatic carbocycles. The maximum atomic E-state index is 14.7. The molecular weight excluding hydrogens is 472 g/mol. The molecular formula is C28H24N4O5. The molecule has 9 nitrogen and oxygen atoms in total. The average Bonchev–Trinajstić information content (AvgIpc) is 3.62. The molecule has 2 amide bonds. The van der Waals surface area contributed by atoms with Crippen LogP contribution in [0, 0.1) is 11.1 Å². The third-order valence-electron chi connectivity index (χ3n) is 8.69. The number of fused-ring (bicyclic) bond motifs is 7. The van der Waals surface area contributed by atoms with Crippen molar-refractivity contribution in [1.82, 2.24) is 4.90 Å². The van der Waals surface area contributed by atoms with Crippen molar-refractivity contribution < 1.29 is 24.8 Å². The second-order valence-electron chi connectivity index (χ2n) is 10.2. The van der Waals surface area contributed by atoms with Gasteiger partial charge in [0.1, 0.15) is 11.0 Å². The molecule has 0 bridgehead atoms. The Bertz CT molecular complexity index is 1430. The second-order valence-corrected chi connectivity index (χ2v) is 10.2. The first kappa shape index (κ1) is 22.3. The maximum absolute atomic E-state index is 14.7. The zero-order valence-electron chi connectivity index (χ0n) is 19.7. The van der Waals surface area contributed by atoms with Crippen LogP contribution in [0.3, 0.4) is 0 Å². The maximum Gasteiger partial charge on any atom is 0.250 e. The minimum atomic E-state index is -1.41. The number of amides is 2. The molecule has 0 aromatic heterocycles. The van der Waals surface area contributed by atoms with Crippen molar-refractivity contribution in [2.75, 3.05) is 17.2 Å². The molecule has 0 aliphatic carbocycles. The number of ketones is 1. The number of Topliss-reactive ketones (excluding diaryl/α,β-unsaturated/α-hetero) is 1. The van der Waals surface area contributed by atoms with Gasteiger partial charge in [0.15, 0.2) is 11.5 Å². The smallest absolute Gasteiger partial charge is 0.250 e. The number of hydrogen-bond donors (Lipinski definition) is 4. The predicted molar refractivity (Wildman–Crippen MR) is 133 cm³/mol. The topological polar surface area (TPSA) is 126 Å². The molecule has 9 heteroatoms. The van der Waals surface area contributed by atoms with Crippen LogP contribution in [-0.2, 0) is 20.5 Å². The molecule has 4 aliphatic rings. The molecule has 3 aromatic rings. The van der Waals surface area contributed by atoms with E-state index in [0.717, 1.165) is 6.42 Å². The van der Waals surface area contributed by atoms with E-state index in [2.05, 4.69) is 15.5 Å². The lowest BCUT2D eigenvalue weighted by Crippen LogP contribution is -2.99. The number of carbonyl (C=O) groups is 3. The van der Waals surface area contributed by atoms with Gasteiger partial charge in [0.25, 0.3) is 0 Å². The van der Waals surface area contributed by atoms with Crippen LogP contribution in [0.15, 0.2) is 72.8 Å². The van der Waals surface area contributed by atoms with Crippen LogP contribution in [0.5, 0.6) is 0 Å². The van der Waals surface area contributed by atoms with Crippen LogP contribution in [0.1, 0.15) is 34.3 Å². The molecule has 0 saturated carbocycles. The number of hydrogen-bond acceptors (Lipinski definition) is 6. The molecule has 2 saturated heterocycles. The largest absolute Gasteiger partial charge is 0.595 e. The Kier molecular flexibility index (Phi) is 4.56. The van der Waals surface area contributed by atoms with Gasteiger partial charge in [-0.3, -0.25) is 19.3 Å². The molecule has 37 heavy (non-hydrogen) atoms. The predicted octanol–water partition coefficient (Wildman–Crippen LogP) is 2.10. The van der Waals surface area contributed by atoms with E-state index in [4.69, 9.17) is 0 Å². The first-order valence-electron chi connectivity index (χ1n) is 12.4. The lowest BCUT2D eigenvalue weighted by atomic mass is 9.60. The Balaban J connectivity index is 1.56. The third kappa shape index (κ3) is 2.59. The Morgan fingerprint density at radius 2 is 1.62 bits per heavy atom. The molecule has 7 rings (SSSR count). The fourth-order valence-corrected chi connectivity index (χ4v) is 7.47. The summed E-state index contributed by atoms with van der Waals surface area (Å²) in [6.45, 7) is 0.558. The molecule has 2 fully saturated rings. The van der Waals surface area contributed by atoms with E-state index in [1.54, 1.807) is 6.07 Å². The minimum absolute atomic E-state index is 0.0278. The van der Waals surface area contributed by atoms with Crippen LogP contribution in [0.25, 0.3) is 0 Å². The SMILES string of the molecule is O=C(c1cccc([NH+]([O-])O)c1)C1C2(C(=O)Nc3ccccc32)C2CCCN2C12C(=O)Nc1ccccc12. The van der Waals surface area contributed by atoms with Gasteiger partial charge >= 0.3 is 0 Å². The van der Waals surface area contributed by atoms with Gasteiger partial charge in [0.05, 0.1) is 5.92 Å². The molecule has 186 valence electrons. The van der Waals surface area contributed by atoms with Crippen molar-refractivity contribution in [3.63, 3.8) is 0 Å². The van der Waals surface area contributed by atoms with Crippen LogP contribution < -0.4 is 15.9 Å². The summed E-state index contributed by atoms with van der Waals surface area (Å²) < 4.78 is 0. The number of anilines is 2. The number of benzene rings is 3. The average molecular weight is 497 g/mol. The van der Waals surface area contributed by atoms with Gasteiger partial charge in [-0.2, -0.15) is 5.23 Å². The Hall–Kier alpha value is -3.89. The van der Waals surface area contributed by atoms with Crippen molar-refractivity contribution in [1.29, 1.82) is 0 Å². The van der Waals surface area contributed by atoms with Gasteiger partial charge in [-0.15, -0.1) is 0 Å². The van der Waals surface area contributed by atoms with Crippen LogP contribution in [0.2, 0.25) is 0 Å². The van der Waals surface area contributed by atoms with E-state index in [-0.39, 0.29) is 29.1 Å². The van der Waals surface area contributed by atoms with Gasteiger partial charge in [-0.25, -0.2) is 5.21 Å². The molecule has 4 N–H and O–H groups in total. The standard InChI is InChI=1S/C28H24N4O5/c33-23(16-7-5-8-17(15-16)32(36)37)24-27(18-9-1-3-11-20(18)29-25(27)34)22-13-6-14-31(22)28(24)19-10-2-4-12-21(19)30-26(28)35/h1-5,7-12,15,22,24,32,36H,6,13-14H2,(H,29,34)(H,30,35). The monoisotopic (exact) mass is 496 g/mol. The van der Waals surface area contributed by atoms with E-state index in [1.165, 1.54) is 18.2 Å². The lowest BCUT2D eigenvalue weighted by molar-refractivity contribution is -0.991. The summed E-state index contributed by atoms with van der Waals surface area (Å²) in [5.41, 5.74) is 0.0480. The van der Waals surface area contributed by atoms with Gasteiger partial charge in [-0.1, -0.05) is 48.5 Å². The first-order chi connectivity index (χ1) is 17.9. The summed E-state index contributed by atoms with van der Waals surface area (Å²) in [7, 11) is 0. The Morgan fingerprint density at radius 3 is 2.38 bits per heavy atom. The lowest BCUT2D eigenvalue weighted by Gasteiger charge is -2.38. The minimum Gasteiger partial charge on any atom is -0.595 e. The van der Waals surface area contributed by atoms with Crippen LogP contribution >= 0.6 is 0 Å². The summed E-state index contributed by atoms with van der Waals surface area (Å²) in [4.78, 5) is 45.1. The number of rotatable bonds is 3. The third-order valence-corrected chi connectivity index (χ3v) is 8.69. The summed E-state index contributed by atoms with van der Waals surface area (Å²) in [5.74, 6) is -2.16. The Labute approximate surface area is 212 Å². The van der Waals surface area contributed by atoms with Gasteiger partial charge in [-0.05, 0) is 37.1 Å². The summed E-state index contributed by atoms with van der Waals surface area (Å²) in [5, 5.41) is 26.2. The highest BCUT2D eigenvalue weighted by molar-refractivity contribution is 6.18. The van der Waals surface area contributed by atoms with Crippen molar-refractivity contribution >= 4 is 34.7 Å². The van der Waals surface area contributed by atoms with Crippen molar-refractivity contribution in [3.05, 3.63) is 94.7 Å². The van der Waals surface area contributed by atoms with E-state index in [1.807, 2.05) is 48.5 Å². The number of para-hydroxylation sites is 2. The second kappa shape index (κ2) is 7.56. The zero-order valence-corrected chi connectivity index (χ0v) is 19.7. The van der Waals surface area contributed by atoms with E-state index in [0.29, 0.717) is 35.5 Å². The molecule has 0 radical (unpaired) electrons. The fraction of sp³-hybridized carbons (Fsp3) is 0.250. The molecule has 4 aliphatic heterocycles. The van der Waals surface area contributed by atoms with Crippen LogP contribution in [-0.4, -0.2) is 40.3 Å². The number of carbonyl (C=O) groups excluding carboxylic acids is 3. The first-order valence-corrected chi connectivity index (χ1v) is 12.4. The molecule has 5 atom stereocenters. The fourth-order valence-electron chi connectivity index (χ4n) is 7.47. The van der Waals surface area contributed by atoms with Gasteiger partial charge in [0, 0.05) is 40.7 Å². The summed E-state index contributed by atoms with van der Waals surface area (Å²) >= 11 is 0. The van der Waals surface area contributed by atoms with E-state index < -0.39 is 27.9 Å². The normalized spacial score (nSPS) is 30.2.